The van der Waals surface area contributed by atoms with E-state index in [0.29, 0.717) is 30.3 Å². The minimum Gasteiger partial charge on any atom is -0.394 e. The third-order valence-electron chi connectivity index (χ3n) is 10.8. The Kier molecular flexibility index (Phi) is 10.6. The van der Waals surface area contributed by atoms with Gasteiger partial charge in [-0.2, -0.15) is 0 Å². The van der Waals surface area contributed by atoms with Crippen LogP contribution in [0, 0.1) is 0 Å². The van der Waals surface area contributed by atoms with Crippen LogP contribution in [0.5, 0.6) is 0 Å². The Morgan fingerprint density at radius 2 is 1.75 bits per heavy atom. The van der Waals surface area contributed by atoms with Gasteiger partial charge in [0.2, 0.25) is 0 Å². The Labute approximate surface area is 298 Å². The number of hydrogen-bond acceptors (Lipinski definition) is 9. The summed E-state index contributed by atoms with van der Waals surface area (Å²) >= 11 is 0. The van der Waals surface area contributed by atoms with Crippen molar-refractivity contribution in [1.82, 2.24) is 24.7 Å². The predicted octanol–water partition coefficient (Wildman–Crippen LogP) is 3.52. The molecule has 51 heavy (non-hydrogen) atoms. The molecule has 2 aromatic carbocycles. The van der Waals surface area contributed by atoms with Gasteiger partial charge in [0.25, 0.3) is 11.5 Å². The first kappa shape index (κ1) is 35.0. The monoisotopic (exact) mass is 692 g/mol. The van der Waals surface area contributed by atoms with Gasteiger partial charge in [0.15, 0.2) is 0 Å². The third-order valence-corrected chi connectivity index (χ3v) is 10.8. The number of pyridine rings is 2. The number of β-amino-alcohol motifs (C(OH)–C–C–N with tert-alkyl or cyclic N) is 1. The molecule has 0 bridgehead atoms. The molecule has 3 heterocycles. The molecule has 268 valence electrons. The molecule has 4 atom stereocenters. The summed E-state index contributed by atoms with van der Waals surface area (Å²) in [5.41, 5.74) is 13.9. The van der Waals surface area contributed by atoms with E-state index < -0.39 is 6.10 Å². The molecule has 2 aromatic heterocycles. The number of ether oxygens (including phenoxy) is 1. The summed E-state index contributed by atoms with van der Waals surface area (Å²) in [7, 11) is 1.69. The van der Waals surface area contributed by atoms with Crippen LogP contribution in [0.1, 0.15) is 58.8 Å². The predicted molar refractivity (Wildman–Crippen MR) is 197 cm³/mol. The van der Waals surface area contributed by atoms with Crippen LogP contribution in [-0.4, -0.2) is 93.1 Å². The van der Waals surface area contributed by atoms with Crippen molar-refractivity contribution < 1.29 is 19.7 Å². The van der Waals surface area contributed by atoms with Gasteiger partial charge in [0, 0.05) is 69.8 Å². The number of nitrogens with two attached hydrogens (primary N) is 1. The molecule has 2 aliphatic carbocycles. The highest BCUT2D eigenvalue weighted by Crippen LogP contribution is 2.38. The summed E-state index contributed by atoms with van der Waals surface area (Å²) in [6.45, 7) is 4.57. The van der Waals surface area contributed by atoms with Crippen molar-refractivity contribution in [3.05, 3.63) is 106 Å². The average molecular weight is 693 g/mol. The lowest BCUT2D eigenvalue weighted by Crippen LogP contribution is -2.49. The number of amides is 1. The number of benzene rings is 2. The highest BCUT2D eigenvalue weighted by Gasteiger charge is 2.32. The highest BCUT2D eigenvalue weighted by atomic mass is 16.5. The fourth-order valence-electron chi connectivity index (χ4n) is 7.84. The largest absolute Gasteiger partial charge is 0.394 e. The van der Waals surface area contributed by atoms with Crippen molar-refractivity contribution in [2.75, 3.05) is 45.1 Å². The van der Waals surface area contributed by atoms with Crippen LogP contribution < -0.4 is 16.6 Å². The summed E-state index contributed by atoms with van der Waals surface area (Å²) in [5.74, 6) is -0.154. The van der Waals surface area contributed by atoms with Crippen molar-refractivity contribution >= 4 is 11.7 Å². The number of aliphatic hydroxyl groups is 2. The number of aromatic nitrogens is 2. The number of carbonyl (C=O) groups is 1. The van der Waals surface area contributed by atoms with Gasteiger partial charge in [0.05, 0.1) is 37.0 Å². The lowest BCUT2D eigenvalue weighted by Gasteiger charge is -2.38. The second-order valence-electron chi connectivity index (χ2n) is 14.2. The number of nitrogen functional groups attached to an aromatic ring is 1. The van der Waals surface area contributed by atoms with E-state index in [1.807, 2.05) is 6.07 Å². The summed E-state index contributed by atoms with van der Waals surface area (Å²) in [6.07, 6.45) is 7.33. The van der Waals surface area contributed by atoms with Gasteiger partial charge in [-0.3, -0.25) is 19.4 Å². The van der Waals surface area contributed by atoms with E-state index >= 15 is 0 Å². The van der Waals surface area contributed by atoms with Crippen molar-refractivity contribution in [3.63, 3.8) is 0 Å². The van der Waals surface area contributed by atoms with Crippen LogP contribution in [-0.2, 0) is 24.8 Å². The zero-order chi connectivity index (χ0) is 35.5. The zero-order valence-corrected chi connectivity index (χ0v) is 29.2. The Morgan fingerprint density at radius 3 is 2.51 bits per heavy atom. The minimum absolute atomic E-state index is 0.108. The number of aryl methyl sites for hydroxylation is 2. The number of hydrogen-bond donors (Lipinski definition) is 4. The number of anilines is 1. The van der Waals surface area contributed by atoms with Gasteiger partial charge in [0.1, 0.15) is 5.82 Å². The molecule has 4 aromatic rings. The molecule has 11 heteroatoms. The summed E-state index contributed by atoms with van der Waals surface area (Å²) in [6, 6.07) is 20.8. The maximum absolute atomic E-state index is 13.4. The Bertz CT molecular complexity index is 1900. The Balaban J connectivity index is 0.931. The van der Waals surface area contributed by atoms with Gasteiger partial charge in [-0.15, -0.1) is 0 Å². The van der Waals surface area contributed by atoms with E-state index in [4.69, 9.17) is 10.5 Å². The van der Waals surface area contributed by atoms with Crippen molar-refractivity contribution in [2.24, 2.45) is 7.05 Å². The smallest absolute Gasteiger partial charge is 0.255 e. The molecule has 1 unspecified atom stereocenters. The fourth-order valence-corrected chi connectivity index (χ4v) is 7.84. The van der Waals surface area contributed by atoms with E-state index in [2.05, 4.69) is 62.6 Å². The molecule has 1 amide bonds. The molecular formula is C40H48N6O5. The first-order valence-electron chi connectivity index (χ1n) is 18.1. The van der Waals surface area contributed by atoms with Gasteiger partial charge in [-0.25, -0.2) is 4.98 Å². The quantitative estimate of drug-likeness (QED) is 0.186. The number of carbonyl (C=O) groups excluding carboxylic acids is 1. The second kappa shape index (κ2) is 15.5. The number of nitrogens with one attached hydrogen (secondary N) is 1. The average Bonchev–Trinajstić information content (AvgIpc) is 3.79. The maximum atomic E-state index is 13.4. The van der Waals surface area contributed by atoms with Gasteiger partial charge >= 0.3 is 0 Å². The summed E-state index contributed by atoms with van der Waals surface area (Å²) in [4.78, 5) is 34.6. The van der Waals surface area contributed by atoms with Crippen molar-refractivity contribution in [2.45, 2.75) is 63.0 Å². The van der Waals surface area contributed by atoms with Crippen LogP contribution in [0.15, 0.2) is 77.9 Å². The normalized spacial score (nSPS) is 21.4. The molecule has 2 fully saturated rings. The molecule has 7 rings (SSSR count). The first-order valence-corrected chi connectivity index (χ1v) is 18.1. The molecule has 0 spiro atoms. The van der Waals surface area contributed by atoms with E-state index in [1.165, 1.54) is 32.9 Å². The zero-order valence-electron chi connectivity index (χ0n) is 29.2. The molecule has 5 N–H and O–H groups in total. The number of fused-ring (bicyclic) bond motifs is 1. The molecule has 11 nitrogen and oxygen atoms in total. The number of piperazine rings is 1. The SMILES string of the molecule is Cn1ccc(-c2cnc(N)c(C(=O)N[C@H]3CCC[C@@H]3OCc3ccc(-c4ccc5c(c4)CC[C@@H]5N4CCN(CC(O)CO)CC4)cc3)c2)cc1=O. The lowest BCUT2D eigenvalue weighted by molar-refractivity contribution is 0.0272. The standard InChI is InChI=1S/C40H48N6O5/c1-44-14-13-29(21-38(44)49)31-20-34(39(41)42-22-31)40(50)43-35-3-2-4-37(35)51-25-26-5-7-27(8-6-26)28-9-11-33-30(19-28)10-12-36(33)46-17-15-45(16-18-46)23-32(48)24-47/h5-9,11,13-14,19-22,32,35-37,47-48H,2-4,10,12,15-18,23-25H2,1H3,(H2,41,42)(H,43,50)/t32?,35-,36-,37-/m0/s1. The fraction of sp³-hybridized carbons (Fsp3) is 0.425. The number of rotatable bonds is 11. The number of nitrogens with zero attached hydrogens (tertiary/aromatic N) is 4. The Morgan fingerprint density at radius 1 is 0.980 bits per heavy atom. The van der Waals surface area contributed by atoms with Crippen LogP contribution in [0.3, 0.4) is 0 Å². The van der Waals surface area contributed by atoms with E-state index in [9.17, 15) is 19.8 Å². The van der Waals surface area contributed by atoms with Crippen LogP contribution in [0.2, 0.25) is 0 Å². The third kappa shape index (κ3) is 7.93. The molecule has 1 saturated heterocycles. The van der Waals surface area contributed by atoms with E-state index in [-0.39, 0.29) is 41.6 Å². The van der Waals surface area contributed by atoms with Crippen LogP contribution in [0.4, 0.5) is 5.82 Å². The Hall–Kier alpha value is -4.39. The van der Waals surface area contributed by atoms with Crippen LogP contribution in [0.25, 0.3) is 22.3 Å². The molecule has 1 saturated carbocycles. The minimum atomic E-state index is -0.668. The first-order chi connectivity index (χ1) is 24.7. The van der Waals surface area contributed by atoms with E-state index in [0.717, 1.165) is 63.8 Å². The number of aliphatic hydroxyl groups excluding tert-OH is 2. The van der Waals surface area contributed by atoms with Gasteiger partial charge in [-0.05, 0) is 77.6 Å². The van der Waals surface area contributed by atoms with Gasteiger partial charge < -0.3 is 30.6 Å². The van der Waals surface area contributed by atoms with Crippen molar-refractivity contribution in [1.29, 1.82) is 0 Å². The molecule has 3 aliphatic rings. The second-order valence-corrected chi connectivity index (χ2v) is 14.2. The molecular weight excluding hydrogens is 644 g/mol. The topological polar surface area (TPSA) is 146 Å². The maximum Gasteiger partial charge on any atom is 0.255 e. The van der Waals surface area contributed by atoms with Crippen molar-refractivity contribution in [3.8, 4) is 22.3 Å². The summed E-state index contributed by atoms with van der Waals surface area (Å²) in [5, 5.41) is 22.1. The van der Waals surface area contributed by atoms with Gasteiger partial charge in [-0.1, -0.05) is 42.5 Å². The lowest BCUT2D eigenvalue weighted by atomic mass is 9.98. The molecule has 0 radical (unpaired) electrons. The van der Waals surface area contributed by atoms with Crippen LogP contribution >= 0.6 is 0 Å². The highest BCUT2D eigenvalue weighted by molar-refractivity contribution is 5.99. The summed E-state index contributed by atoms with van der Waals surface area (Å²) < 4.78 is 7.85. The molecule has 1 aliphatic heterocycles. The van der Waals surface area contributed by atoms with E-state index in [1.54, 1.807) is 25.5 Å².